The van der Waals surface area contributed by atoms with Crippen LogP contribution in [0.15, 0.2) is 23.0 Å². The fraction of sp³-hybridized carbons (Fsp3) is 0.647. The van der Waals surface area contributed by atoms with Gasteiger partial charge >= 0.3 is 6.09 Å². The van der Waals surface area contributed by atoms with E-state index in [0.29, 0.717) is 32.6 Å². The van der Waals surface area contributed by atoms with Gasteiger partial charge in [0.2, 0.25) is 5.91 Å². The highest BCUT2D eigenvalue weighted by atomic mass is 16.6. The summed E-state index contributed by atoms with van der Waals surface area (Å²) in [5.41, 5.74) is 0.456. The second-order valence-electron chi connectivity index (χ2n) is 6.90. The van der Waals surface area contributed by atoms with Gasteiger partial charge in [0.25, 0.3) is 0 Å². The number of likely N-dealkylation sites (tertiary alicyclic amines) is 1. The van der Waals surface area contributed by atoms with Crippen molar-refractivity contribution >= 4 is 12.0 Å². The van der Waals surface area contributed by atoms with Gasteiger partial charge in [0, 0.05) is 31.7 Å². The summed E-state index contributed by atoms with van der Waals surface area (Å²) < 4.78 is 10.4. The molecule has 1 saturated heterocycles. The number of furan rings is 1. The number of carbonyl (C=O) groups excluding carboxylic acids is 2. The second kappa shape index (κ2) is 7.06. The minimum Gasteiger partial charge on any atom is -0.472 e. The molecule has 23 heavy (non-hydrogen) atoms. The van der Waals surface area contributed by atoms with Crippen LogP contribution in [0.5, 0.6) is 0 Å². The molecule has 2 rings (SSSR count). The van der Waals surface area contributed by atoms with Gasteiger partial charge in [-0.25, -0.2) is 4.79 Å². The summed E-state index contributed by atoms with van der Waals surface area (Å²) in [4.78, 5) is 28.2. The van der Waals surface area contributed by atoms with E-state index in [9.17, 15) is 9.59 Å². The van der Waals surface area contributed by atoms with E-state index in [-0.39, 0.29) is 17.9 Å². The second-order valence-corrected chi connectivity index (χ2v) is 6.90. The quantitative estimate of drug-likeness (QED) is 0.855. The first-order valence-corrected chi connectivity index (χ1v) is 8.08. The van der Waals surface area contributed by atoms with Crippen molar-refractivity contribution in [2.45, 2.75) is 46.3 Å². The van der Waals surface area contributed by atoms with E-state index in [1.54, 1.807) is 22.3 Å². The molecule has 0 unspecified atom stereocenters. The molecule has 1 aliphatic rings. The molecule has 0 spiro atoms. The normalized spacial score (nSPS) is 18.1. The zero-order valence-corrected chi connectivity index (χ0v) is 14.4. The van der Waals surface area contributed by atoms with Gasteiger partial charge in [-0.15, -0.1) is 0 Å². The van der Waals surface area contributed by atoms with Crippen LogP contribution in [0, 0.1) is 5.92 Å². The van der Waals surface area contributed by atoms with E-state index >= 15 is 0 Å². The molecule has 0 aromatic carbocycles. The molecule has 0 aliphatic carbocycles. The Balaban J connectivity index is 1.91. The van der Waals surface area contributed by atoms with Gasteiger partial charge < -0.3 is 19.0 Å². The maximum absolute atomic E-state index is 12.7. The topological polar surface area (TPSA) is 63.0 Å². The highest BCUT2D eigenvalue weighted by molar-refractivity contribution is 5.80. The molecule has 1 aromatic rings. The number of amides is 2. The van der Waals surface area contributed by atoms with E-state index < -0.39 is 5.60 Å². The van der Waals surface area contributed by atoms with Crippen LogP contribution in [0.3, 0.4) is 0 Å². The van der Waals surface area contributed by atoms with Gasteiger partial charge in [0.1, 0.15) is 5.60 Å². The zero-order valence-electron chi connectivity index (χ0n) is 14.4. The molecule has 0 N–H and O–H groups in total. The molecular formula is C17H26N2O4. The van der Waals surface area contributed by atoms with Gasteiger partial charge in [-0.1, -0.05) is 0 Å². The Bertz CT molecular complexity index is 533. The molecule has 2 heterocycles. The van der Waals surface area contributed by atoms with Crippen molar-refractivity contribution in [2.75, 3.05) is 19.6 Å². The number of ether oxygens (including phenoxy) is 1. The number of carbonyl (C=O) groups is 2. The van der Waals surface area contributed by atoms with E-state index in [1.165, 1.54) is 0 Å². The maximum Gasteiger partial charge on any atom is 0.410 e. The number of hydrogen-bond donors (Lipinski definition) is 0. The predicted octanol–water partition coefficient (Wildman–Crippen LogP) is 2.89. The van der Waals surface area contributed by atoms with Gasteiger partial charge in [-0.05, 0) is 40.2 Å². The Kier molecular flexibility index (Phi) is 5.34. The minimum absolute atomic E-state index is 0.0831. The monoisotopic (exact) mass is 322 g/mol. The van der Waals surface area contributed by atoms with Crippen LogP contribution >= 0.6 is 0 Å². The average Bonchev–Trinajstić information content (AvgIpc) is 3.13. The third kappa shape index (κ3) is 4.74. The molecular weight excluding hydrogens is 296 g/mol. The molecule has 1 aromatic heterocycles. The first-order chi connectivity index (χ1) is 10.8. The van der Waals surface area contributed by atoms with E-state index in [2.05, 4.69) is 0 Å². The Morgan fingerprint density at radius 3 is 2.74 bits per heavy atom. The molecule has 6 heteroatoms. The van der Waals surface area contributed by atoms with E-state index in [4.69, 9.17) is 9.15 Å². The molecule has 1 atom stereocenters. The predicted molar refractivity (Wildman–Crippen MR) is 85.7 cm³/mol. The van der Waals surface area contributed by atoms with Gasteiger partial charge in [-0.3, -0.25) is 4.79 Å². The third-order valence-electron chi connectivity index (χ3n) is 3.84. The van der Waals surface area contributed by atoms with Crippen LogP contribution in [0.4, 0.5) is 4.79 Å². The van der Waals surface area contributed by atoms with Gasteiger partial charge in [0.05, 0.1) is 18.4 Å². The lowest BCUT2D eigenvalue weighted by Crippen LogP contribution is -2.39. The summed E-state index contributed by atoms with van der Waals surface area (Å²) in [5, 5.41) is 0. The number of nitrogens with zero attached hydrogens (tertiary/aromatic N) is 2. The molecule has 1 aliphatic heterocycles. The van der Waals surface area contributed by atoms with Crippen molar-refractivity contribution in [1.29, 1.82) is 0 Å². The summed E-state index contributed by atoms with van der Waals surface area (Å²) in [7, 11) is 0. The minimum atomic E-state index is -0.518. The standard InChI is InChI=1S/C17H26N2O4/c1-5-18(10-13-7-9-22-12-13)15(20)14-6-8-19(11-14)16(21)23-17(2,3)4/h7,9,12,14H,5-6,8,10-11H2,1-4H3/t14-/m0/s1. The lowest BCUT2D eigenvalue weighted by atomic mass is 10.1. The highest BCUT2D eigenvalue weighted by Crippen LogP contribution is 2.22. The molecule has 1 fully saturated rings. The van der Waals surface area contributed by atoms with Crippen molar-refractivity contribution in [3.63, 3.8) is 0 Å². The first kappa shape index (κ1) is 17.4. The van der Waals surface area contributed by atoms with E-state index in [0.717, 1.165) is 5.56 Å². The van der Waals surface area contributed by atoms with Crippen molar-refractivity contribution in [3.05, 3.63) is 24.2 Å². The molecule has 0 radical (unpaired) electrons. The van der Waals surface area contributed by atoms with Crippen LogP contribution in [-0.4, -0.2) is 47.0 Å². The first-order valence-electron chi connectivity index (χ1n) is 8.08. The molecule has 0 saturated carbocycles. The van der Waals surface area contributed by atoms with Crippen molar-refractivity contribution in [3.8, 4) is 0 Å². The van der Waals surface area contributed by atoms with Crippen LogP contribution < -0.4 is 0 Å². The zero-order chi connectivity index (χ0) is 17.0. The fourth-order valence-electron chi connectivity index (χ4n) is 2.66. The fourth-order valence-corrected chi connectivity index (χ4v) is 2.66. The number of rotatable bonds is 4. The lowest BCUT2D eigenvalue weighted by Gasteiger charge is -2.25. The van der Waals surface area contributed by atoms with Gasteiger partial charge in [0.15, 0.2) is 0 Å². The lowest BCUT2D eigenvalue weighted by molar-refractivity contribution is -0.135. The Hall–Kier alpha value is -1.98. The van der Waals surface area contributed by atoms with Crippen LogP contribution in [0.25, 0.3) is 0 Å². The average molecular weight is 322 g/mol. The van der Waals surface area contributed by atoms with Crippen molar-refractivity contribution in [2.24, 2.45) is 5.92 Å². The summed E-state index contributed by atoms with van der Waals surface area (Å²) in [6.45, 7) is 9.64. The molecule has 128 valence electrons. The Morgan fingerprint density at radius 1 is 1.43 bits per heavy atom. The Labute approximate surface area is 137 Å². The smallest absolute Gasteiger partial charge is 0.410 e. The maximum atomic E-state index is 12.7. The van der Waals surface area contributed by atoms with E-state index in [1.807, 2.05) is 33.8 Å². The van der Waals surface area contributed by atoms with Crippen LogP contribution in [0.1, 0.15) is 39.7 Å². The van der Waals surface area contributed by atoms with Gasteiger partial charge in [-0.2, -0.15) is 0 Å². The largest absolute Gasteiger partial charge is 0.472 e. The SMILES string of the molecule is CCN(Cc1ccoc1)C(=O)[C@H]1CCN(C(=O)OC(C)(C)C)C1. The van der Waals surface area contributed by atoms with Crippen LogP contribution in [-0.2, 0) is 16.1 Å². The molecule has 2 amide bonds. The summed E-state index contributed by atoms with van der Waals surface area (Å²) in [5.74, 6) is -0.0749. The third-order valence-corrected chi connectivity index (χ3v) is 3.84. The highest BCUT2D eigenvalue weighted by Gasteiger charge is 2.35. The summed E-state index contributed by atoms with van der Waals surface area (Å²) >= 11 is 0. The summed E-state index contributed by atoms with van der Waals surface area (Å²) in [6, 6.07) is 1.86. The Morgan fingerprint density at radius 2 is 2.17 bits per heavy atom. The molecule has 6 nitrogen and oxygen atoms in total. The number of hydrogen-bond acceptors (Lipinski definition) is 4. The molecule has 0 bridgehead atoms. The van der Waals surface area contributed by atoms with Crippen molar-refractivity contribution < 1.29 is 18.7 Å². The summed E-state index contributed by atoms with van der Waals surface area (Å²) in [6.07, 6.45) is 3.59. The van der Waals surface area contributed by atoms with Crippen LogP contribution in [0.2, 0.25) is 0 Å². The van der Waals surface area contributed by atoms with Crippen molar-refractivity contribution in [1.82, 2.24) is 9.80 Å².